The van der Waals surface area contributed by atoms with Crippen LogP contribution in [0.25, 0.3) is 0 Å². The summed E-state index contributed by atoms with van der Waals surface area (Å²) in [6.07, 6.45) is 1.80. The highest BCUT2D eigenvalue weighted by Crippen LogP contribution is 2.44. The van der Waals surface area contributed by atoms with Crippen molar-refractivity contribution in [1.82, 2.24) is 0 Å². The molecule has 0 aromatic heterocycles. The number of para-hydroxylation sites is 1. The van der Waals surface area contributed by atoms with E-state index in [-0.39, 0.29) is 23.3 Å². The topological polar surface area (TPSA) is 55.1 Å². The van der Waals surface area contributed by atoms with Crippen molar-refractivity contribution in [2.45, 2.75) is 46.6 Å². The lowest BCUT2D eigenvalue weighted by atomic mass is 9.61. The highest BCUT2D eigenvalue weighted by Gasteiger charge is 2.44. The average molecular weight is 274 g/mol. The monoisotopic (exact) mass is 274 g/mol. The van der Waals surface area contributed by atoms with Crippen LogP contribution in [-0.4, -0.2) is 11.9 Å². The number of nitrogens with two attached hydrogens (primary N) is 1. The molecule has 0 bridgehead atoms. The lowest BCUT2D eigenvalue weighted by Gasteiger charge is -2.46. The van der Waals surface area contributed by atoms with E-state index in [4.69, 9.17) is 5.73 Å². The molecule has 1 aliphatic rings. The second-order valence-corrected chi connectivity index (χ2v) is 6.71. The molecule has 0 aliphatic heterocycles. The number of benzene rings is 1. The van der Waals surface area contributed by atoms with Crippen molar-refractivity contribution >= 4 is 11.6 Å². The number of carbonyl (C=O) groups excluding carboxylic acids is 1. The number of hydrogen-bond acceptors (Lipinski definition) is 2. The quantitative estimate of drug-likeness (QED) is 0.869. The summed E-state index contributed by atoms with van der Waals surface area (Å²) in [7, 11) is 0. The molecule has 1 saturated carbocycles. The summed E-state index contributed by atoms with van der Waals surface area (Å²) in [5.74, 6) is 0.504. The van der Waals surface area contributed by atoms with Gasteiger partial charge >= 0.3 is 0 Å². The molecule has 20 heavy (non-hydrogen) atoms. The number of aryl methyl sites for hydroxylation is 1. The van der Waals surface area contributed by atoms with Crippen molar-refractivity contribution in [3.05, 3.63) is 29.8 Å². The fraction of sp³-hybridized carbons (Fsp3) is 0.588. The highest BCUT2D eigenvalue weighted by molar-refractivity contribution is 5.93. The Kier molecular flexibility index (Phi) is 4.19. The summed E-state index contributed by atoms with van der Waals surface area (Å²) < 4.78 is 0. The molecule has 1 amide bonds. The SMILES string of the molecule is Cc1ccccc1NC(=O)C1CCC(N)C(C)C1(C)C. The van der Waals surface area contributed by atoms with Crippen molar-refractivity contribution in [3.63, 3.8) is 0 Å². The van der Waals surface area contributed by atoms with Crippen LogP contribution in [0.4, 0.5) is 5.69 Å². The van der Waals surface area contributed by atoms with Gasteiger partial charge in [0.25, 0.3) is 0 Å². The van der Waals surface area contributed by atoms with Gasteiger partial charge in [-0.2, -0.15) is 0 Å². The zero-order valence-electron chi connectivity index (χ0n) is 12.9. The van der Waals surface area contributed by atoms with E-state index >= 15 is 0 Å². The van der Waals surface area contributed by atoms with Crippen LogP contribution < -0.4 is 11.1 Å². The second-order valence-electron chi connectivity index (χ2n) is 6.71. The van der Waals surface area contributed by atoms with Crippen LogP contribution in [0.5, 0.6) is 0 Å². The Balaban J connectivity index is 2.15. The van der Waals surface area contributed by atoms with Gasteiger partial charge in [0.1, 0.15) is 0 Å². The largest absolute Gasteiger partial charge is 0.327 e. The predicted molar refractivity (Wildman–Crippen MR) is 83.5 cm³/mol. The molecule has 0 spiro atoms. The maximum Gasteiger partial charge on any atom is 0.228 e. The molecule has 1 aromatic rings. The molecular formula is C17H26N2O. The van der Waals surface area contributed by atoms with E-state index in [1.165, 1.54) is 0 Å². The third-order valence-electron chi connectivity index (χ3n) is 5.22. The first-order valence-electron chi connectivity index (χ1n) is 7.46. The van der Waals surface area contributed by atoms with Gasteiger partial charge in [0.2, 0.25) is 5.91 Å². The van der Waals surface area contributed by atoms with Crippen molar-refractivity contribution in [3.8, 4) is 0 Å². The molecule has 3 unspecified atom stereocenters. The van der Waals surface area contributed by atoms with Gasteiger partial charge in [-0.25, -0.2) is 0 Å². The summed E-state index contributed by atoms with van der Waals surface area (Å²) >= 11 is 0. The first-order valence-corrected chi connectivity index (χ1v) is 7.46. The Morgan fingerprint density at radius 3 is 2.60 bits per heavy atom. The van der Waals surface area contributed by atoms with E-state index in [1.54, 1.807) is 0 Å². The van der Waals surface area contributed by atoms with E-state index < -0.39 is 0 Å². The van der Waals surface area contributed by atoms with E-state index in [2.05, 4.69) is 26.1 Å². The fourth-order valence-electron chi connectivity index (χ4n) is 3.25. The zero-order chi connectivity index (χ0) is 14.9. The standard InChI is InChI=1S/C17H26N2O/c1-11-7-5-6-8-15(11)19-16(20)13-9-10-14(18)12(2)17(13,3)4/h5-8,12-14H,9-10,18H2,1-4H3,(H,19,20). The summed E-state index contributed by atoms with van der Waals surface area (Å²) in [6.45, 7) is 8.51. The van der Waals surface area contributed by atoms with Crippen LogP contribution in [0.15, 0.2) is 24.3 Å². The average Bonchev–Trinajstić information content (AvgIpc) is 2.38. The molecule has 0 saturated heterocycles. The van der Waals surface area contributed by atoms with Crippen molar-refractivity contribution in [2.75, 3.05) is 5.32 Å². The third kappa shape index (κ3) is 2.73. The Morgan fingerprint density at radius 1 is 1.30 bits per heavy atom. The highest BCUT2D eigenvalue weighted by atomic mass is 16.1. The summed E-state index contributed by atoms with van der Waals surface area (Å²) in [6, 6.07) is 8.11. The maximum absolute atomic E-state index is 12.6. The summed E-state index contributed by atoms with van der Waals surface area (Å²) in [4.78, 5) is 12.6. The Bertz CT molecular complexity index is 496. The second kappa shape index (κ2) is 5.57. The van der Waals surface area contributed by atoms with Crippen LogP contribution in [0.1, 0.15) is 39.2 Å². The summed E-state index contributed by atoms with van der Waals surface area (Å²) in [5, 5.41) is 3.09. The lowest BCUT2D eigenvalue weighted by Crippen LogP contribution is -2.50. The molecule has 0 radical (unpaired) electrons. The molecule has 3 nitrogen and oxygen atoms in total. The predicted octanol–water partition coefficient (Wildman–Crippen LogP) is 3.33. The van der Waals surface area contributed by atoms with Gasteiger partial charge in [0.05, 0.1) is 0 Å². The van der Waals surface area contributed by atoms with Crippen molar-refractivity contribution in [1.29, 1.82) is 0 Å². The van der Waals surface area contributed by atoms with Gasteiger partial charge in [-0.05, 0) is 42.7 Å². The number of hydrogen-bond donors (Lipinski definition) is 2. The fourth-order valence-corrected chi connectivity index (χ4v) is 3.25. The van der Waals surface area contributed by atoms with Crippen LogP contribution in [0.2, 0.25) is 0 Å². The minimum Gasteiger partial charge on any atom is -0.327 e. The Labute approximate surface area is 121 Å². The lowest BCUT2D eigenvalue weighted by molar-refractivity contribution is -0.127. The number of anilines is 1. The van der Waals surface area contributed by atoms with Crippen LogP contribution in [0.3, 0.4) is 0 Å². The van der Waals surface area contributed by atoms with Gasteiger partial charge in [-0.1, -0.05) is 39.0 Å². The Morgan fingerprint density at radius 2 is 1.95 bits per heavy atom. The smallest absolute Gasteiger partial charge is 0.228 e. The minimum atomic E-state index is -0.0650. The van der Waals surface area contributed by atoms with Gasteiger partial charge in [-0.15, -0.1) is 0 Å². The van der Waals surface area contributed by atoms with E-state index in [9.17, 15) is 4.79 Å². The van der Waals surface area contributed by atoms with Crippen molar-refractivity contribution in [2.24, 2.45) is 23.0 Å². The first-order chi connectivity index (χ1) is 9.34. The molecule has 1 fully saturated rings. The van der Waals surface area contributed by atoms with Crippen LogP contribution >= 0.6 is 0 Å². The van der Waals surface area contributed by atoms with Gasteiger partial charge in [0.15, 0.2) is 0 Å². The van der Waals surface area contributed by atoms with E-state index in [0.29, 0.717) is 5.92 Å². The van der Waals surface area contributed by atoms with Crippen LogP contribution in [0, 0.1) is 24.2 Å². The van der Waals surface area contributed by atoms with Gasteiger partial charge in [0, 0.05) is 17.6 Å². The molecule has 2 rings (SSSR count). The van der Waals surface area contributed by atoms with Crippen LogP contribution in [-0.2, 0) is 4.79 Å². The molecule has 1 aromatic carbocycles. The molecule has 110 valence electrons. The molecule has 0 heterocycles. The number of rotatable bonds is 2. The van der Waals surface area contributed by atoms with Gasteiger partial charge in [-0.3, -0.25) is 4.79 Å². The number of nitrogens with one attached hydrogen (secondary N) is 1. The number of amides is 1. The number of carbonyl (C=O) groups is 1. The summed E-state index contributed by atoms with van der Waals surface area (Å²) in [5.41, 5.74) is 8.11. The third-order valence-corrected chi connectivity index (χ3v) is 5.22. The molecule has 3 heteroatoms. The maximum atomic E-state index is 12.6. The first kappa shape index (κ1) is 15.0. The molecular weight excluding hydrogens is 248 g/mol. The van der Waals surface area contributed by atoms with Gasteiger partial charge < -0.3 is 11.1 Å². The molecule has 3 N–H and O–H groups in total. The molecule has 1 aliphatic carbocycles. The Hall–Kier alpha value is -1.35. The minimum absolute atomic E-state index is 0.0249. The zero-order valence-corrected chi connectivity index (χ0v) is 12.9. The van der Waals surface area contributed by atoms with E-state index in [0.717, 1.165) is 24.1 Å². The molecule has 3 atom stereocenters. The van der Waals surface area contributed by atoms with E-state index in [1.807, 2.05) is 31.2 Å². The van der Waals surface area contributed by atoms with Crippen molar-refractivity contribution < 1.29 is 4.79 Å². The normalized spacial score (nSPS) is 28.9.